The van der Waals surface area contributed by atoms with Crippen LogP contribution in [0.3, 0.4) is 0 Å². The molecule has 2 rings (SSSR count). The van der Waals surface area contributed by atoms with Gasteiger partial charge >= 0.3 is 0 Å². The maximum Gasteiger partial charge on any atom is 0.258 e. The first-order valence-electron chi connectivity index (χ1n) is 7.08. The van der Waals surface area contributed by atoms with E-state index in [1.165, 1.54) is 0 Å². The third kappa shape index (κ3) is 6.12. The van der Waals surface area contributed by atoms with Crippen molar-refractivity contribution in [2.24, 2.45) is 0 Å². The molecule has 0 atom stereocenters. The second-order valence-electron chi connectivity index (χ2n) is 4.85. The zero-order chi connectivity index (χ0) is 16.7. The topological polar surface area (TPSA) is 47.6 Å². The molecule has 2 aromatic carbocycles. The van der Waals surface area contributed by atoms with Gasteiger partial charge in [0.1, 0.15) is 18.1 Å². The van der Waals surface area contributed by atoms with Gasteiger partial charge in [-0.25, -0.2) is 0 Å². The summed E-state index contributed by atoms with van der Waals surface area (Å²) in [7, 11) is 0. The van der Waals surface area contributed by atoms with Crippen LogP contribution in [0.25, 0.3) is 0 Å². The molecule has 0 aliphatic rings. The molecule has 2 aromatic rings. The van der Waals surface area contributed by atoms with Gasteiger partial charge in [-0.15, -0.1) is 0 Å². The van der Waals surface area contributed by atoms with Crippen LogP contribution >= 0.6 is 27.5 Å². The van der Waals surface area contributed by atoms with Gasteiger partial charge in [-0.3, -0.25) is 4.79 Å². The van der Waals surface area contributed by atoms with Crippen LogP contribution in [-0.4, -0.2) is 25.7 Å². The minimum Gasteiger partial charge on any atom is -0.492 e. The maximum absolute atomic E-state index is 11.7. The molecule has 0 radical (unpaired) electrons. The number of carbonyl (C=O) groups excluding carboxylic acids is 1. The molecule has 6 heteroatoms. The predicted octanol–water partition coefficient (Wildman–Crippen LogP) is 3.98. The molecule has 0 unspecified atom stereocenters. The predicted molar refractivity (Wildman–Crippen MR) is 94.3 cm³/mol. The Labute approximate surface area is 148 Å². The second kappa shape index (κ2) is 8.79. The van der Waals surface area contributed by atoms with Crippen molar-refractivity contribution in [2.75, 3.05) is 19.8 Å². The van der Waals surface area contributed by atoms with Crippen LogP contribution in [0.5, 0.6) is 11.5 Å². The minimum absolute atomic E-state index is 0.0258. The number of hydrogen-bond donors (Lipinski definition) is 1. The zero-order valence-corrected chi connectivity index (χ0v) is 15.0. The van der Waals surface area contributed by atoms with E-state index in [9.17, 15) is 4.79 Å². The van der Waals surface area contributed by atoms with Crippen molar-refractivity contribution in [1.29, 1.82) is 0 Å². The molecule has 0 aliphatic heterocycles. The number of carbonyl (C=O) groups is 1. The summed E-state index contributed by atoms with van der Waals surface area (Å²) in [5, 5.41) is 3.39. The van der Waals surface area contributed by atoms with E-state index < -0.39 is 0 Å². The van der Waals surface area contributed by atoms with Crippen LogP contribution < -0.4 is 14.8 Å². The first kappa shape index (κ1) is 17.6. The highest BCUT2D eigenvalue weighted by Crippen LogP contribution is 2.21. The monoisotopic (exact) mass is 397 g/mol. The number of nitrogens with one attached hydrogen (secondary N) is 1. The summed E-state index contributed by atoms with van der Waals surface area (Å²) in [6.07, 6.45) is 0. The Kier molecular flexibility index (Phi) is 6.74. The van der Waals surface area contributed by atoms with Gasteiger partial charge in [-0.05, 0) is 55.0 Å². The molecule has 0 aliphatic carbocycles. The van der Waals surface area contributed by atoms with Gasteiger partial charge in [0, 0.05) is 9.50 Å². The summed E-state index contributed by atoms with van der Waals surface area (Å²) in [6, 6.07) is 12.6. The number of aryl methyl sites for hydroxylation is 1. The third-order valence-electron chi connectivity index (χ3n) is 3.01. The summed E-state index contributed by atoms with van der Waals surface area (Å²) in [6.45, 7) is 2.72. The first-order chi connectivity index (χ1) is 11.0. The van der Waals surface area contributed by atoms with E-state index in [0.717, 1.165) is 10.0 Å². The number of hydrogen-bond acceptors (Lipinski definition) is 3. The normalized spacial score (nSPS) is 10.2. The van der Waals surface area contributed by atoms with Crippen LogP contribution in [0.1, 0.15) is 5.56 Å². The van der Waals surface area contributed by atoms with Crippen molar-refractivity contribution in [3.63, 3.8) is 0 Å². The van der Waals surface area contributed by atoms with E-state index in [4.69, 9.17) is 21.1 Å². The average Bonchev–Trinajstić information content (AvgIpc) is 2.54. The molecule has 0 fully saturated rings. The molecule has 0 saturated carbocycles. The van der Waals surface area contributed by atoms with Gasteiger partial charge in [0.25, 0.3) is 5.91 Å². The zero-order valence-electron chi connectivity index (χ0n) is 12.6. The molecule has 4 nitrogen and oxygen atoms in total. The Morgan fingerprint density at radius 1 is 1.13 bits per heavy atom. The molecule has 0 saturated heterocycles. The largest absolute Gasteiger partial charge is 0.492 e. The van der Waals surface area contributed by atoms with E-state index in [1.807, 2.05) is 25.1 Å². The fourth-order valence-electron chi connectivity index (χ4n) is 1.80. The van der Waals surface area contributed by atoms with Crippen molar-refractivity contribution in [3.05, 3.63) is 57.5 Å². The molecule has 0 heterocycles. The lowest BCUT2D eigenvalue weighted by atomic mass is 10.2. The Bertz CT molecular complexity index is 661. The van der Waals surface area contributed by atoms with Crippen LogP contribution in [-0.2, 0) is 4.79 Å². The Hall–Kier alpha value is -1.72. The smallest absolute Gasteiger partial charge is 0.258 e. The van der Waals surface area contributed by atoms with E-state index >= 15 is 0 Å². The molecule has 1 amide bonds. The van der Waals surface area contributed by atoms with Gasteiger partial charge in [0.05, 0.1) is 6.54 Å². The quantitative estimate of drug-likeness (QED) is 0.718. The highest BCUT2D eigenvalue weighted by Gasteiger charge is 2.04. The van der Waals surface area contributed by atoms with Gasteiger partial charge in [-0.1, -0.05) is 27.5 Å². The van der Waals surface area contributed by atoms with Crippen LogP contribution in [0.15, 0.2) is 46.9 Å². The summed E-state index contributed by atoms with van der Waals surface area (Å²) >= 11 is 9.21. The second-order valence-corrected chi connectivity index (χ2v) is 6.14. The summed E-state index contributed by atoms with van der Waals surface area (Å²) in [5.41, 5.74) is 1.05. The lowest BCUT2D eigenvalue weighted by Gasteiger charge is -2.09. The van der Waals surface area contributed by atoms with Gasteiger partial charge in [0.15, 0.2) is 6.61 Å². The fraction of sp³-hybridized carbons (Fsp3) is 0.235. The maximum atomic E-state index is 11.7. The van der Waals surface area contributed by atoms with Gasteiger partial charge < -0.3 is 14.8 Å². The first-order valence-corrected chi connectivity index (χ1v) is 8.26. The Morgan fingerprint density at radius 2 is 1.83 bits per heavy atom. The molecule has 0 spiro atoms. The van der Waals surface area contributed by atoms with Crippen LogP contribution in [0.4, 0.5) is 0 Å². The standard InChI is InChI=1S/C17H17BrClNO3/c1-12-10-15(6-7-16(12)18)23-11-17(21)20-8-9-22-14-4-2-13(19)3-5-14/h2-7,10H,8-9,11H2,1H3,(H,20,21). The SMILES string of the molecule is Cc1cc(OCC(=O)NCCOc2ccc(Cl)cc2)ccc1Br. The highest BCUT2D eigenvalue weighted by atomic mass is 79.9. The lowest BCUT2D eigenvalue weighted by molar-refractivity contribution is -0.123. The summed E-state index contributed by atoms with van der Waals surface area (Å²) in [4.78, 5) is 11.7. The van der Waals surface area contributed by atoms with E-state index in [1.54, 1.807) is 24.3 Å². The molecular weight excluding hydrogens is 382 g/mol. The number of ether oxygens (including phenoxy) is 2. The molecule has 122 valence electrons. The average molecular weight is 399 g/mol. The molecular formula is C17H17BrClNO3. The van der Waals surface area contributed by atoms with Crippen LogP contribution in [0, 0.1) is 6.92 Å². The van der Waals surface area contributed by atoms with E-state index in [2.05, 4.69) is 21.2 Å². The number of halogens is 2. The van der Waals surface area contributed by atoms with Gasteiger partial charge in [-0.2, -0.15) is 0 Å². The number of benzene rings is 2. The molecule has 23 heavy (non-hydrogen) atoms. The fourth-order valence-corrected chi connectivity index (χ4v) is 2.17. The third-order valence-corrected chi connectivity index (χ3v) is 4.15. The van der Waals surface area contributed by atoms with Crippen LogP contribution in [0.2, 0.25) is 5.02 Å². The Balaban J connectivity index is 1.65. The Morgan fingerprint density at radius 3 is 2.52 bits per heavy atom. The van der Waals surface area contributed by atoms with Crippen molar-refractivity contribution in [1.82, 2.24) is 5.32 Å². The van der Waals surface area contributed by atoms with Crippen molar-refractivity contribution >= 4 is 33.4 Å². The van der Waals surface area contributed by atoms with Crippen molar-refractivity contribution in [2.45, 2.75) is 6.92 Å². The molecule has 0 aromatic heterocycles. The minimum atomic E-state index is -0.190. The van der Waals surface area contributed by atoms with Crippen molar-refractivity contribution in [3.8, 4) is 11.5 Å². The molecule has 0 bridgehead atoms. The number of amides is 1. The van der Waals surface area contributed by atoms with Crippen molar-refractivity contribution < 1.29 is 14.3 Å². The van der Waals surface area contributed by atoms with E-state index in [-0.39, 0.29) is 12.5 Å². The van der Waals surface area contributed by atoms with Gasteiger partial charge in [0.2, 0.25) is 0 Å². The number of rotatable bonds is 7. The molecule has 1 N–H and O–H groups in total. The lowest BCUT2D eigenvalue weighted by Crippen LogP contribution is -2.32. The van der Waals surface area contributed by atoms with E-state index in [0.29, 0.717) is 29.7 Å². The summed E-state index contributed by atoms with van der Waals surface area (Å²) < 4.78 is 11.9. The summed E-state index contributed by atoms with van der Waals surface area (Å²) in [5.74, 6) is 1.19. The highest BCUT2D eigenvalue weighted by molar-refractivity contribution is 9.10.